The predicted molar refractivity (Wildman–Crippen MR) is 84.9 cm³/mol. The van der Waals surface area contributed by atoms with Gasteiger partial charge in [0.2, 0.25) is 0 Å². The molecule has 0 saturated heterocycles. The zero-order valence-electron chi connectivity index (χ0n) is 11.3. The van der Waals surface area contributed by atoms with E-state index in [2.05, 4.69) is 0 Å². The van der Waals surface area contributed by atoms with E-state index in [-0.39, 0.29) is 5.97 Å². The standard InChI is InChI=1S/C18H13ClO2/c19-12-13-5-7-15(8-6-13)18(20)21-17-10-9-14-3-1-2-4-16(14)11-17/h1-11H,12H2. The summed E-state index contributed by atoms with van der Waals surface area (Å²) in [6, 6.07) is 20.6. The number of halogens is 1. The maximum Gasteiger partial charge on any atom is 0.343 e. The molecule has 3 aromatic carbocycles. The number of ether oxygens (including phenoxy) is 1. The molecule has 3 heteroatoms. The van der Waals surface area contributed by atoms with E-state index < -0.39 is 0 Å². The zero-order chi connectivity index (χ0) is 14.7. The molecular formula is C18H13ClO2. The van der Waals surface area contributed by atoms with E-state index in [0.717, 1.165) is 16.3 Å². The Morgan fingerprint density at radius 1 is 0.905 bits per heavy atom. The number of hydrogen-bond donors (Lipinski definition) is 0. The van der Waals surface area contributed by atoms with Gasteiger partial charge in [-0.2, -0.15) is 0 Å². The van der Waals surface area contributed by atoms with Gasteiger partial charge in [-0.05, 0) is 40.6 Å². The van der Waals surface area contributed by atoms with Crippen molar-refractivity contribution in [1.29, 1.82) is 0 Å². The molecule has 0 fully saturated rings. The third kappa shape index (κ3) is 3.06. The fraction of sp³-hybridized carbons (Fsp3) is 0.0556. The Bertz CT molecular complexity index is 779. The topological polar surface area (TPSA) is 26.3 Å². The Hall–Kier alpha value is -2.32. The number of alkyl halides is 1. The highest BCUT2D eigenvalue weighted by atomic mass is 35.5. The Morgan fingerprint density at radius 3 is 2.33 bits per heavy atom. The lowest BCUT2D eigenvalue weighted by Gasteiger charge is -2.06. The van der Waals surface area contributed by atoms with Crippen LogP contribution in [-0.2, 0) is 5.88 Å². The van der Waals surface area contributed by atoms with Gasteiger partial charge in [0.05, 0.1) is 5.56 Å². The monoisotopic (exact) mass is 296 g/mol. The van der Waals surface area contributed by atoms with Gasteiger partial charge in [0.25, 0.3) is 0 Å². The van der Waals surface area contributed by atoms with Gasteiger partial charge in [0.15, 0.2) is 0 Å². The number of benzene rings is 3. The van der Waals surface area contributed by atoms with Crippen molar-refractivity contribution in [3.63, 3.8) is 0 Å². The van der Waals surface area contributed by atoms with Crippen LogP contribution in [0, 0.1) is 0 Å². The molecule has 0 amide bonds. The highest BCUT2D eigenvalue weighted by molar-refractivity contribution is 6.17. The minimum atomic E-state index is -0.369. The van der Waals surface area contributed by atoms with Crippen LogP contribution in [0.25, 0.3) is 10.8 Å². The Morgan fingerprint density at radius 2 is 1.62 bits per heavy atom. The molecule has 0 saturated carbocycles. The van der Waals surface area contributed by atoms with Gasteiger partial charge < -0.3 is 4.74 Å². The van der Waals surface area contributed by atoms with E-state index in [1.54, 1.807) is 18.2 Å². The lowest BCUT2D eigenvalue weighted by molar-refractivity contribution is 0.0735. The van der Waals surface area contributed by atoms with E-state index in [9.17, 15) is 4.79 Å². The molecule has 21 heavy (non-hydrogen) atoms. The second kappa shape index (κ2) is 5.98. The predicted octanol–water partition coefficient (Wildman–Crippen LogP) is 4.80. The summed E-state index contributed by atoms with van der Waals surface area (Å²) < 4.78 is 5.41. The third-order valence-electron chi connectivity index (χ3n) is 3.28. The molecule has 0 aromatic heterocycles. The molecule has 3 aromatic rings. The fourth-order valence-corrected chi connectivity index (χ4v) is 2.30. The summed E-state index contributed by atoms with van der Waals surface area (Å²) in [6.07, 6.45) is 0. The van der Waals surface area contributed by atoms with Crippen molar-refractivity contribution in [3.8, 4) is 5.75 Å². The molecule has 0 bridgehead atoms. The zero-order valence-corrected chi connectivity index (χ0v) is 12.0. The third-order valence-corrected chi connectivity index (χ3v) is 3.58. The van der Waals surface area contributed by atoms with Crippen molar-refractivity contribution >= 4 is 28.3 Å². The summed E-state index contributed by atoms with van der Waals surface area (Å²) in [5.74, 6) is 0.603. The summed E-state index contributed by atoms with van der Waals surface area (Å²) in [4.78, 5) is 12.1. The average Bonchev–Trinajstić information content (AvgIpc) is 2.55. The van der Waals surface area contributed by atoms with Gasteiger partial charge in [0.1, 0.15) is 5.75 Å². The van der Waals surface area contributed by atoms with E-state index in [0.29, 0.717) is 17.2 Å². The second-order valence-electron chi connectivity index (χ2n) is 4.73. The van der Waals surface area contributed by atoms with E-state index in [1.807, 2.05) is 48.5 Å². The minimum absolute atomic E-state index is 0.369. The van der Waals surface area contributed by atoms with Crippen LogP contribution in [0.5, 0.6) is 5.75 Å². The van der Waals surface area contributed by atoms with Gasteiger partial charge in [-0.15, -0.1) is 11.6 Å². The van der Waals surface area contributed by atoms with Crippen molar-refractivity contribution < 1.29 is 9.53 Å². The van der Waals surface area contributed by atoms with Gasteiger partial charge in [-0.1, -0.05) is 42.5 Å². The Kier molecular flexibility index (Phi) is 3.89. The maximum absolute atomic E-state index is 12.1. The van der Waals surface area contributed by atoms with Gasteiger partial charge >= 0.3 is 5.97 Å². The maximum atomic E-state index is 12.1. The number of carbonyl (C=O) groups is 1. The van der Waals surface area contributed by atoms with Gasteiger partial charge in [0, 0.05) is 5.88 Å². The van der Waals surface area contributed by atoms with Crippen LogP contribution in [0.1, 0.15) is 15.9 Å². The highest BCUT2D eigenvalue weighted by Crippen LogP contribution is 2.21. The van der Waals surface area contributed by atoms with Crippen molar-refractivity contribution in [2.24, 2.45) is 0 Å². The molecule has 0 aliphatic rings. The smallest absolute Gasteiger partial charge is 0.343 e. The number of rotatable bonds is 3. The van der Waals surface area contributed by atoms with Gasteiger partial charge in [-0.25, -0.2) is 4.79 Å². The number of hydrogen-bond acceptors (Lipinski definition) is 2. The summed E-state index contributed by atoms with van der Waals surface area (Å²) in [5.41, 5.74) is 1.48. The molecule has 104 valence electrons. The van der Waals surface area contributed by atoms with Crippen molar-refractivity contribution in [2.45, 2.75) is 5.88 Å². The normalized spacial score (nSPS) is 10.5. The molecule has 0 heterocycles. The van der Waals surface area contributed by atoms with Crippen molar-refractivity contribution in [1.82, 2.24) is 0 Å². The highest BCUT2D eigenvalue weighted by Gasteiger charge is 2.08. The average molecular weight is 297 g/mol. The summed E-state index contributed by atoms with van der Waals surface area (Å²) >= 11 is 5.73. The van der Waals surface area contributed by atoms with E-state index in [1.165, 1.54) is 0 Å². The molecular weight excluding hydrogens is 284 g/mol. The van der Waals surface area contributed by atoms with E-state index >= 15 is 0 Å². The molecule has 0 spiro atoms. The van der Waals surface area contributed by atoms with Crippen LogP contribution in [0.3, 0.4) is 0 Å². The van der Waals surface area contributed by atoms with Crippen LogP contribution in [0.2, 0.25) is 0 Å². The molecule has 0 unspecified atom stereocenters. The number of esters is 1. The van der Waals surface area contributed by atoms with Crippen LogP contribution in [-0.4, -0.2) is 5.97 Å². The number of carbonyl (C=O) groups excluding carboxylic acids is 1. The lowest BCUT2D eigenvalue weighted by Crippen LogP contribution is -2.08. The molecule has 0 N–H and O–H groups in total. The molecule has 2 nitrogen and oxygen atoms in total. The second-order valence-corrected chi connectivity index (χ2v) is 5.00. The first-order valence-electron chi connectivity index (χ1n) is 6.62. The van der Waals surface area contributed by atoms with E-state index in [4.69, 9.17) is 16.3 Å². The summed E-state index contributed by atoms with van der Waals surface area (Å²) in [6.45, 7) is 0. The Balaban J connectivity index is 1.81. The summed E-state index contributed by atoms with van der Waals surface area (Å²) in [7, 11) is 0. The molecule has 0 radical (unpaired) electrons. The first kappa shape index (κ1) is 13.7. The molecule has 0 aliphatic carbocycles. The van der Waals surface area contributed by atoms with Crippen LogP contribution < -0.4 is 4.74 Å². The fourth-order valence-electron chi connectivity index (χ4n) is 2.13. The molecule has 3 rings (SSSR count). The van der Waals surface area contributed by atoms with Crippen LogP contribution >= 0.6 is 11.6 Å². The first-order valence-corrected chi connectivity index (χ1v) is 7.15. The minimum Gasteiger partial charge on any atom is -0.423 e. The molecule has 0 atom stereocenters. The summed E-state index contributed by atoms with van der Waals surface area (Å²) in [5, 5.41) is 2.16. The van der Waals surface area contributed by atoms with Crippen LogP contribution in [0.15, 0.2) is 66.7 Å². The first-order chi connectivity index (χ1) is 10.3. The SMILES string of the molecule is O=C(Oc1ccc2ccccc2c1)c1ccc(CCl)cc1. The van der Waals surface area contributed by atoms with Crippen molar-refractivity contribution in [3.05, 3.63) is 77.9 Å². The quantitative estimate of drug-likeness (QED) is 0.394. The lowest BCUT2D eigenvalue weighted by atomic mass is 10.1. The van der Waals surface area contributed by atoms with Crippen LogP contribution in [0.4, 0.5) is 0 Å². The molecule has 0 aliphatic heterocycles. The van der Waals surface area contributed by atoms with Gasteiger partial charge in [-0.3, -0.25) is 0 Å². The largest absolute Gasteiger partial charge is 0.423 e. The van der Waals surface area contributed by atoms with Crippen molar-refractivity contribution in [2.75, 3.05) is 0 Å². The Labute approximate surface area is 127 Å². The number of fused-ring (bicyclic) bond motifs is 1.